The third-order valence-corrected chi connectivity index (χ3v) is 7.38. The number of hydrogen-bond donors (Lipinski definition) is 0. The minimum Gasteiger partial charge on any atom is -0.469 e. The molecule has 0 unspecified atom stereocenters. The average Bonchev–Trinajstić information content (AvgIpc) is 2.95. The number of pyridine rings is 1. The number of ether oxygens (including phenoxy) is 1. The van der Waals surface area contributed by atoms with Crippen LogP contribution in [0.5, 0.6) is 0 Å². The molecule has 198 valence electrons. The number of carbonyl (C=O) groups is 3. The maximum atomic E-state index is 13.3. The summed E-state index contributed by atoms with van der Waals surface area (Å²) in [6.07, 6.45) is 4.58. The van der Waals surface area contributed by atoms with Gasteiger partial charge >= 0.3 is 5.97 Å². The van der Waals surface area contributed by atoms with Gasteiger partial charge < -0.3 is 19.4 Å². The molecule has 1 saturated carbocycles. The second-order valence-electron chi connectivity index (χ2n) is 10.4. The highest BCUT2D eigenvalue weighted by Crippen LogP contribution is 2.31. The van der Waals surface area contributed by atoms with Crippen LogP contribution < -0.4 is 9.80 Å². The normalized spacial score (nSPS) is 20.0. The molecule has 4 rings (SSSR count). The fraction of sp³-hybridized carbons (Fsp3) is 0.517. The summed E-state index contributed by atoms with van der Waals surface area (Å²) in [5.74, 6) is 1.05. The molecule has 37 heavy (non-hydrogen) atoms. The van der Waals surface area contributed by atoms with Crippen LogP contribution in [0.2, 0.25) is 0 Å². The molecule has 2 heterocycles. The Hall–Kier alpha value is -3.42. The van der Waals surface area contributed by atoms with Gasteiger partial charge in [-0.05, 0) is 55.9 Å². The van der Waals surface area contributed by atoms with Crippen molar-refractivity contribution in [3.05, 3.63) is 54.2 Å². The molecule has 2 aromatic rings. The van der Waals surface area contributed by atoms with Gasteiger partial charge in [0, 0.05) is 50.5 Å². The first kappa shape index (κ1) is 26.6. The largest absolute Gasteiger partial charge is 0.469 e. The number of amides is 2. The molecule has 1 aliphatic heterocycles. The van der Waals surface area contributed by atoms with Crippen molar-refractivity contribution < 1.29 is 19.1 Å². The predicted molar refractivity (Wildman–Crippen MR) is 143 cm³/mol. The van der Waals surface area contributed by atoms with Crippen molar-refractivity contribution in [1.82, 2.24) is 9.88 Å². The Morgan fingerprint density at radius 3 is 2.16 bits per heavy atom. The number of hydrogen-bond acceptors (Lipinski definition) is 6. The Bertz CT molecular complexity index is 1060. The molecule has 1 aliphatic carbocycles. The zero-order valence-electron chi connectivity index (χ0n) is 22.1. The van der Waals surface area contributed by atoms with Gasteiger partial charge in [0.1, 0.15) is 5.82 Å². The van der Waals surface area contributed by atoms with Crippen LogP contribution >= 0.6 is 0 Å². The van der Waals surface area contributed by atoms with E-state index in [-0.39, 0.29) is 29.6 Å². The Kier molecular flexibility index (Phi) is 8.79. The topological polar surface area (TPSA) is 83.1 Å². The van der Waals surface area contributed by atoms with Gasteiger partial charge in [0.05, 0.1) is 18.6 Å². The van der Waals surface area contributed by atoms with Crippen molar-refractivity contribution in [2.24, 2.45) is 17.8 Å². The third-order valence-electron chi connectivity index (χ3n) is 7.38. The van der Waals surface area contributed by atoms with E-state index in [1.54, 1.807) is 6.20 Å². The highest BCUT2D eigenvalue weighted by Gasteiger charge is 2.33. The van der Waals surface area contributed by atoms with Crippen LogP contribution in [-0.4, -0.2) is 67.5 Å². The first-order valence-corrected chi connectivity index (χ1v) is 13.3. The standard InChI is InChI=1S/C29H38N4O4/c1-21(2)20-33(25-7-5-4-6-8-25)28(35)24-13-14-26(30-19-24)31-15-17-32(18-16-31)27(34)22-9-11-23(12-10-22)29(36)37-3/h4-8,13-14,19,21-23H,9-12,15-18,20H2,1-3H3. The van der Waals surface area contributed by atoms with Crippen molar-refractivity contribution in [2.75, 3.05) is 49.6 Å². The van der Waals surface area contributed by atoms with E-state index in [2.05, 4.69) is 23.7 Å². The number of methoxy groups -OCH3 is 1. The van der Waals surface area contributed by atoms with E-state index >= 15 is 0 Å². The summed E-state index contributed by atoms with van der Waals surface area (Å²) < 4.78 is 4.86. The summed E-state index contributed by atoms with van der Waals surface area (Å²) in [6.45, 7) is 7.53. The second kappa shape index (κ2) is 12.2. The fourth-order valence-corrected chi connectivity index (χ4v) is 5.29. The summed E-state index contributed by atoms with van der Waals surface area (Å²) >= 11 is 0. The lowest BCUT2D eigenvalue weighted by Gasteiger charge is -2.38. The molecule has 8 heteroatoms. The third kappa shape index (κ3) is 6.48. The number of rotatable bonds is 7. The summed E-state index contributed by atoms with van der Waals surface area (Å²) in [4.78, 5) is 48.7. The quantitative estimate of drug-likeness (QED) is 0.528. The predicted octanol–water partition coefficient (Wildman–Crippen LogP) is 4.01. The Labute approximate surface area is 219 Å². The minimum atomic E-state index is -0.160. The van der Waals surface area contributed by atoms with Gasteiger partial charge in [-0.3, -0.25) is 14.4 Å². The molecule has 0 spiro atoms. The van der Waals surface area contributed by atoms with Gasteiger partial charge in [-0.2, -0.15) is 0 Å². The highest BCUT2D eigenvalue weighted by molar-refractivity contribution is 6.06. The first-order chi connectivity index (χ1) is 17.9. The van der Waals surface area contributed by atoms with Crippen molar-refractivity contribution in [3.63, 3.8) is 0 Å². The molecule has 1 aromatic carbocycles. The highest BCUT2D eigenvalue weighted by atomic mass is 16.5. The van der Waals surface area contributed by atoms with Gasteiger partial charge in [-0.15, -0.1) is 0 Å². The van der Waals surface area contributed by atoms with E-state index in [0.29, 0.717) is 44.2 Å². The van der Waals surface area contributed by atoms with E-state index in [9.17, 15) is 14.4 Å². The van der Waals surface area contributed by atoms with Crippen LogP contribution in [0.25, 0.3) is 0 Å². The molecular formula is C29H38N4O4. The number of benzene rings is 1. The van der Waals surface area contributed by atoms with Crippen LogP contribution in [0.3, 0.4) is 0 Å². The molecule has 0 radical (unpaired) electrons. The first-order valence-electron chi connectivity index (χ1n) is 13.3. The van der Waals surface area contributed by atoms with Crippen molar-refractivity contribution in [1.29, 1.82) is 0 Å². The number of aromatic nitrogens is 1. The van der Waals surface area contributed by atoms with Crippen LogP contribution in [0.1, 0.15) is 49.9 Å². The minimum absolute atomic E-state index is 0.00530. The van der Waals surface area contributed by atoms with Crippen LogP contribution in [0.4, 0.5) is 11.5 Å². The summed E-state index contributed by atoms with van der Waals surface area (Å²) in [5.41, 5.74) is 1.44. The number of esters is 1. The van der Waals surface area contributed by atoms with Crippen molar-refractivity contribution >= 4 is 29.3 Å². The second-order valence-corrected chi connectivity index (χ2v) is 10.4. The Morgan fingerprint density at radius 2 is 1.59 bits per heavy atom. The Balaban J connectivity index is 1.32. The van der Waals surface area contributed by atoms with Gasteiger partial charge in [-0.25, -0.2) is 4.98 Å². The smallest absolute Gasteiger partial charge is 0.308 e. The van der Waals surface area contributed by atoms with Crippen LogP contribution in [-0.2, 0) is 14.3 Å². The summed E-state index contributed by atoms with van der Waals surface area (Å²) in [6, 6.07) is 13.5. The number of para-hydroxylation sites is 1. The van der Waals surface area contributed by atoms with E-state index < -0.39 is 0 Å². The SMILES string of the molecule is COC(=O)C1CCC(C(=O)N2CCN(c3ccc(C(=O)N(CC(C)C)c4ccccc4)cn3)CC2)CC1. The maximum absolute atomic E-state index is 13.3. The number of piperazine rings is 1. The van der Waals surface area contributed by atoms with E-state index in [1.807, 2.05) is 52.3 Å². The number of nitrogens with zero attached hydrogens (tertiary/aromatic N) is 4. The van der Waals surface area contributed by atoms with E-state index in [1.165, 1.54) is 7.11 Å². The molecule has 0 N–H and O–H groups in total. The van der Waals surface area contributed by atoms with Crippen LogP contribution in [0, 0.1) is 17.8 Å². The van der Waals surface area contributed by atoms with Gasteiger partial charge in [0.2, 0.25) is 5.91 Å². The van der Waals surface area contributed by atoms with Gasteiger partial charge in [-0.1, -0.05) is 32.0 Å². The lowest BCUT2D eigenvalue weighted by Crippen LogP contribution is -2.51. The van der Waals surface area contributed by atoms with Crippen LogP contribution in [0.15, 0.2) is 48.7 Å². The molecular weight excluding hydrogens is 468 g/mol. The van der Waals surface area contributed by atoms with E-state index in [0.717, 1.165) is 37.2 Å². The van der Waals surface area contributed by atoms with Gasteiger partial charge in [0.25, 0.3) is 5.91 Å². The van der Waals surface area contributed by atoms with Crippen molar-refractivity contribution in [3.8, 4) is 0 Å². The average molecular weight is 507 g/mol. The molecule has 2 fully saturated rings. The molecule has 8 nitrogen and oxygen atoms in total. The molecule has 0 bridgehead atoms. The summed E-state index contributed by atoms with van der Waals surface area (Å²) in [5, 5.41) is 0. The summed E-state index contributed by atoms with van der Waals surface area (Å²) in [7, 11) is 1.42. The Morgan fingerprint density at radius 1 is 0.946 bits per heavy atom. The van der Waals surface area contributed by atoms with Crippen molar-refractivity contribution in [2.45, 2.75) is 39.5 Å². The zero-order valence-corrected chi connectivity index (χ0v) is 22.1. The zero-order chi connectivity index (χ0) is 26.4. The maximum Gasteiger partial charge on any atom is 0.308 e. The van der Waals surface area contributed by atoms with E-state index in [4.69, 9.17) is 4.74 Å². The number of anilines is 2. The monoisotopic (exact) mass is 506 g/mol. The molecule has 2 aliphatic rings. The fourth-order valence-electron chi connectivity index (χ4n) is 5.29. The lowest BCUT2D eigenvalue weighted by molar-refractivity contribution is -0.148. The molecule has 1 saturated heterocycles. The lowest BCUT2D eigenvalue weighted by atomic mass is 9.81. The van der Waals surface area contributed by atoms with Gasteiger partial charge in [0.15, 0.2) is 0 Å². The number of carbonyl (C=O) groups excluding carboxylic acids is 3. The molecule has 0 atom stereocenters. The molecule has 2 amide bonds. The molecule has 1 aromatic heterocycles.